The predicted octanol–water partition coefficient (Wildman–Crippen LogP) is 1.95. The molecular formula is C16H23Cl2N3O2. The van der Waals surface area contributed by atoms with Gasteiger partial charge in [-0.25, -0.2) is 0 Å². The number of rotatable bonds is 5. The molecule has 23 heavy (non-hydrogen) atoms. The second-order valence-electron chi connectivity index (χ2n) is 5.70. The van der Waals surface area contributed by atoms with Gasteiger partial charge in [-0.15, -0.1) is 12.4 Å². The maximum atomic E-state index is 12.4. The lowest BCUT2D eigenvalue weighted by molar-refractivity contribution is -0.131. The molecule has 1 aliphatic heterocycles. The zero-order chi connectivity index (χ0) is 16.1. The maximum absolute atomic E-state index is 12.4. The molecule has 1 aromatic carbocycles. The number of carbonyl (C=O) groups excluding carboxylic acids is 2. The average molecular weight is 360 g/mol. The molecule has 0 aliphatic carbocycles. The van der Waals surface area contributed by atoms with Gasteiger partial charge in [0.1, 0.15) is 6.04 Å². The topological polar surface area (TPSA) is 61.4 Å². The quantitative estimate of drug-likeness (QED) is 0.844. The van der Waals surface area contributed by atoms with Crippen molar-refractivity contribution < 1.29 is 9.59 Å². The van der Waals surface area contributed by atoms with Crippen LogP contribution in [-0.4, -0.2) is 49.4 Å². The molecule has 1 aliphatic rings. The van der Waals surface area contributed by atoms with Crippen LogP contribution in [0.4, 0.5) is 0 Å². The third-order valence-corrected chi connectivity index (χ3v) is 4.17. The molecule has 0 radical (unpaired) electrons. The van der Waals surface area contributed by atoms with E-state index < -0.39 is 6.04 Å². The highest BCUT2D eigenvalue weighted by atomic mass is 35.5. The molecule has 2 amide bonds. The summed E-state index contributed by atoms with van der Waals surface area (Å²) >= 11 is 5.80. The second kappa shape index (κ2) is 9.11. The Labute approximate surface area is 148 Å². The van der Waals surface area contributed by atoms with Crippen LogP contribution in [0.25, 0.3) is 0 Å². The molecule has 5 nitrogen and oxygen atoms in total. The summed E-state index contributed by atoms with van der Waals surface area (Å²) in [4.78, 5) is 26.3. The van der Waals surface area contributed by atoms with Gasteiger partial charge in [0.15, 0.2) is 0 Å². The maximum Gasteiger partial charge on any atom is 0.251 e. The van der Waals surface area contributed by atoms with E-state index in [1.165, 1.54) is 0 Å². The Kier molecular flexibility index (Phi) is 7.82. The lowest BCUT2D eigenvalue weighted by Gasteiger charge is -2.22. The number of hydrogen-bond donors (Lipinski definition) is 2. The molecule has 1 aromatic rings. The van der Waals surface area contributed by atoms with E-state index in [1.807, 2.05) is 11.9 Å². The zero-order valence-electron chi connectivity index (χ0n) is 13.3. The van der Waals surface area contributed by atoms with Crippen LogP contribution < -0.4 is 10.6 Å². The van der Waals surface area contributed by atoms with Crippen molar-refractivity contribution in [2.24, 2.45) is 5.92 Å². The van der Waals surface area contributed by atoms with Gasteiger partial charge in [-0.3, -0.25) is 9.59 Å². The number of amides is 2. The van der Waals surface area contributed by atoms with Crippen molar-refractivity contribution in [1.29, 1.82) is 0 Å². The van der Waals surface area contributed by atoms with E-state index in [0.29, 0.717) is 16.5 Å². The molecule has 7 heteroatoms. The standard InChI is InChI=1S/C16H22ClN3O2.ClH/c1-11(16(22)20-8-7-12(10-20)9-18-2)19-15(21)13-3-5-14(17)6-4-13;/h3-6,11-12,18H,7-10H2,1-2H3,(H,19,21);1H. The zero-order valence-corrected chi connectivity index (χ0v) is 14.9. The van der Waals surface area contributed by atoms with E-state index in [9.17, 15) is 9.59 Å². The first-order chi connectivity index (χ1) is 10.5. The number of likely N-dealkylation sites (tertiary alicyclic amines) is 1. The van der Waals surface area contributed by atoms with Crippen molar-refractivity contribution in [2.75, 3.05) is 26.7 Å². The first kappa shape index (κ1) is 19.7. The normalized spacial score (nSPS) is 18.2. The van der Waals surface area contributed by atoms with Crippen molar-refractivity contribution in [3.8, 4) is 0 Å². The van der Waals surface area contributed by atoms with Gasteiger partial charge in [0.25, 0.3) is 5.91 Å². The highest BCUT2D eigenvalue weighted by molar-refractivity contribution is 6.30. The largest absolute Gasteiger partial charge is 0.341 e. The number of hydrogen-bond acceptors (Lipinski definition) is 3. The van der Waals surface area contributed by atoms with Crippen LogP contribution in [0, 0.1) is 5.92 Å². The molecule has 2 rings (SSSR count). The molecule has 1 saturated heterocycles. The van der Waals surface area contributed by atoms with Crippen molar-refractivity contribution >= 4 is 35.8 Å². The Morgan fingerprint density at radius 2 is 2.00 bits per heavy atom. The molecule has 1 heterocycles. The van der Waals surface area contributed by atoms with Gasteiger partial charge >= 0.3 is 0 Å². The number of carbonyl (C=O) groups is 2. The molecule has 2 unspecified atom stereocenters. The average Bonchev–Trinajstić information content (AvgIpc) is 2.96. The van der Waals surface area contributed by atoms with Crippen LogP contribution in [0.2, 0.25) is 5.02 Å². The van der Waals surface area contributed by atoms with Gasteiger partial charge in [-0.05, 0) is 57.1 Å². The molecule has 0 aromatic heterocycles. The van der Waals surface area contributed by atoms with E-state index in [1.54, 1.807) is 31.2 Å². The summed E-state index contributed by atoms with van der Waals surface area (Å²) in [6.07, 6.45) is 1.00. The summed E-state index contributed by atoms with van der Waals surface area (Å²) in [5, 5.41) is 6.47. The predicted molar refractivity (Wildman–Crippen MR) is 94.2 cm³/mol. The van der Waals surface area contributed by atoms with E-state index >= 15 is 0 Å². The van der Waals surface area contributed by atoms with Crippen molar-refractivity contribution in [1.82, 2.24) is 15.5 Å². The van der Waals surface area contributed by atoms with Crippen LogP contribution in [0.3, 0.4) is 0 Å². The van der Waals surface area contributed by atoms with Gasteiger partial charge < -0.3 is 15.5 Å². The molecule has 0 spiro atoms. The van der Waals surface area contributed by atoms with Crippen molar-refractivity contribution in [2.45, 2.75) is 19.4 Å². The number of halogens is 2. The fraction of sp³-hybridized carbons (Fsp3) is 0.500. The smallest absolute Gasteiger partial charge is 0.251 e. The number of nitrogens with zero attached hydrogens (tertiary/aromatic N) is 1. The third-order valence-electron chi connectivity index (χ3n) is 3.91. The summed E-state index contributed by atoms with van der Waals surface area (Å²) in [6, 6.07) is 6.08. The van der Waals surface area contributed by atoms with Crippen LogP contribution in [0.1, 0.15) is 23.7 Å². The Balaban J connectivity index is 0.00000264. The minimum Gasteiger partial charge on any atom is -0.341 e. The van der Waals surface area contributed by atoms with Crippen LogP contribution in [0.5, 0.6) is 0 Å². The Morgan fingerprint density at radius 3 is 2.61 bits per heavy atom. The van der Waals surface area contributed by atoms with Gasteiger partial charge in [-0.1, -0.05) is 11.6 Å². The van der Waals surface area contributed by atoms with Gasteiger partial charge in [0.2, 0.25) is 5.91 Å². The van der Waals surface area contributed by atoms with Crippen molar-refractivity contribution in [3.05, 3.63) is 34.9 Å². The minimum atomic E-state index is -0.531. The SMILES string of the molecule is CNCC1CCN(C(=O)C(C)NC(=O)c2ccc(Cl)cc2)C1.Cl. The molecule has 2 N–H and O–H groups in total. The number of nitrogens with one attached hydrogen (secondary N) is 2. The van der Waals surface area contributed by atoms with Gasteiger partial charge in [0, 0.05) is 23.7 Å². The Morgan fingerprint density at radius 1 is 1.35 bits per heavy atom. The number of benzene rings is 1. The highest BCUT2D eigenvalue weighted by Crippen LogP contribution is 2.16. The fourth-order valence-electron chi connectivity index (χ4n) is 2.70. The van der Waals surface area contributed by atoms with E-state index in [2.05, 4.69) is 10.6 Å². The molecule has 1 fully saturated rings. The minimum absolute atomic E-state index is 0. The summed E-state index contributed by atoms with van der Waals surface area (Å²) < 4.78 is 0. The summed E-state index contributed by atoms with van der Waals surface area (Å²) in [7, 11) is 1.92. The third kappa shape index (κ3) is 5.37. The Hall–Kier alpha value is -1.30. The summed E-state index contributed by atoms with van der Waals surface area (Å²) in [5.41, 5.74) is 0.499. The first-order valence-corrected chi connectivity index (χ1v) is 7.89. The highest BCUT2D eigenvalue weighted by Gasteiger charge is 2.29. The van der Waals surface area contributed by atoms with Crippen LogP contribution in [0.15, 0.2) is 24.3 Å². The Bertz CT molecular complexity index is 537. The van der Waals surface area contributed by atoms with Crippen LogP contribution in [-0.2, 0) is 4.79 Å². The second-order valence-corrected chi connectivity index (χ2v) is 6.14. The van der Waals surface area contributed by atoms with E-state index in [-0.39, 0.29) is 24.2 Å². The van der Waals surface area contributed by atoms with E-state index in [4.69, 9.17) is 11.6 Å². The van der Waals surface area contributed by atoms with Crippen LogP contribution >= 0.6 is 24.0 Å². The first-order valence-electron chi connectivity index (χ1n) is 7.51. The van der Waals surface area contributed by atoms with Gasteiger partial charge in [-0.2, -0.15) is 0 Å². The molecule has 0 saturated carbocycles. The molecular weight excluding hydrogens is 337 g/mol. The fourth-order valence-corrected chi connectivity index (χ4v) is 2.83. The van der Waals surface area contributed by atoms with Crippen molar-refractivity contribution in [3.63, 3.8) is 0 Å². The molecule has 0 bridgehead atoms. The molecule has 2 atom stereocenters. The van der Waals surface area contributed by atoms with E-state index in [0.717, 1.165) is 26.1 Å². The lowest BCUT2D eigenvalue weighted by atomic mass is 10.1. The monoisotopic (exact) mass is 359 g/mol. The summed E-state index contributed by atoms with van der Waals surface area (Å²) in [6.45, 7) is 4.14. The summed E-state index contributed by atoms with van der Waals surface area (Å²) in [5.74, 6) is 0.206. The van der Waals surface area contributed by atoms with Gasteiger partial charge in [0.05, 0.1) is 0 Å². The lowest BCUT2D eigenvalue weighted by Crippen LogP contribution is -2.46. The molecule has 128 valence electrons.